The van der Waals surface area contributed by atoms with Gasteiger partial charge in [-0.25, -0.2) is 4.39 Å². The highest BCUT2D eigenvalue weighted by atomic mass is 19.4. The van der Waals surface area contributed by atoms with Crippen LogP contribution in [0, 0.1) is 12.7 Å². The molecule has 0 saturated carbocycles. The number of H-pyrrole nitrogens is 1. The maximum Gasteiger partial charge on any atom is 0.422 e. The van der Waals surface area contributed by atoms with Crippen LogP contribution in [0.15, 0.2) is 52.3 Å². The van der Waals surface area contributed by atoms with Gasteiger partial charge in [0.1, 0.15) is 11.6 Å². The lowest BCUT2D eigenvalue weighted by atomic mass is 9.83. The molecule has 3 aromatic rings. The van der Waals surface area contributed by atoms with Crippen LogP contribution in [0.4, 0.5) is 23.2 Å². The molecule has 2 aromatic carbocycles. The van der Waals surface area contributed by atoms with E-state index in [9.17, 15) is 27.5 Å². The van der Waals surface area contributed by atoms with E-state index in [0.717, 1.165) is 0 Å². The average molecular weight is 464 g/mol. The molecule has 0 bridgehead atoms. The minimum absolute atomic E-state index is 0.154. The molecule has 0 spiro atoms. The molecule has 0 saturated heterocycles. The molecule has 0 unspecified atom stereocenters. The van der Waals surface area contributed by atoms with Crippen molar-refractivity contribution in [3.63, 3.8) is 0 Å². The number of fused-ring (bicyclic) bond motifs is 1. The zero-order valence-corrected chi connectivity index (χ0v) is 18.3. The van der Waals surface area contributed by atoms with Crippen LogP contribution < -0.4 is 10.3 Å². The Kier molecular flexibility index (Phi) is 6.92. The summed E-state index contributed by atoms with van der Waals surface area (Å²) >= 11 is 0. The van der Waals surface area contributed by atoms with E-state index in [4.69, 9.17) is 4.74 Å². The minimum Gasteiger partial charge on any atom is -0.496 e. The number of nitrogens with one attached hydrogen (secondary N) is 1. The van der Waals surface area contributed by atoms with Crippen LogP contribution >= 0.6 is 0 Å². The number of aliphatic hydroxyl groups is 1. The number of rotatable bonds is 7. The maximum atomic E-state index is 14.0. The lowest BCUT2D eigenvalue weighted by molar-refractivity contribution is -0.232. The summed E-state index contributed by atoms with van der Waals surface area (Å²) in [4.78, 5) is 18.0. The topological polar surface area (TPSA) is 74.7 Å². The fraction of sp³-hybridized carbons (Fsp3) is 0.333. The third kappa shape index (κ3) is 4.93. The van der Waals surface area contributed by atoms with Gasteiger partial charge in [0, 0.05) is 23.2 Å². The van der Waals surface area contributed by atoms with Crippen molar-refractivity contribution in [1.82, 2.24) is 4.98 Å². The zero-order chi connectivity index (χ0) is 24.4. The Hall–Kier alpha value is -3.20. The van der Waals surface area contributed by atoms with Crippen molar-refractivity contribution in [3.05, 3.63) is 69.8 Å². The molecule has 1 heterocycles. The van der Waals surface area contributed by atoms with Crippen LogP contribution in [0.2, 0.25) is 0 Å². The Morgan fingerprint density at radius 2 is 1.91 bits per heavy atom. The van der Waals surface area contributed by atoms with Crippen molar-refractivity contribution in [1.29, 1.82) is 0 Å². The summed E-state index contributed by atoms with van der Waals surface area (Å²) in [5.74, 6) is -1.17. The fourth-order valence-electron chi connectivity index (χ4n) is 3.83. The summed E-state index contributed by atoms with van der Waals surface area (Å²) in [6, 6.07) is 9.87. The summed E-state index contributed by atoms with van der Waals surface area (Å²) in [5.41, 5.74) is -2.49. The van der Waals surface area contributed by atoms with E-state index < -0.39 is 29.9 Å². The number of hydrogen-bond donors (Lipinski definition) is 2. The van der Waals surface area contributed by atoms with Crippen LogP contribution in [0.3, 0.4) is 0 Å². The molecule has 33 heavy (non-hydrogen) atoms. The van der Waals surface area contributed by atoms with E-state index in [0.29, 0.717) is 22.7 Å². The lowest BCUT2D eigenvalue weighted by Gasteiger charge is -2.31. The molecule has 0 fully saturated rings. The molecule has 0 aliphatic heterocycles. The number of aromatic amines is 1. The molecule has 1 aromatic heterocycles. The molecule has 176 valence electrons. The van der Waals surface area contributed by atoms with Crippen molar-refractivity contribution in [3.8, 4) is 5.75 Å². The van der Waals surface area contributed by atoms with Gasteiger partial charge in [-0.3, -0.25) is 9.79 Å². The Labute approximate surface area is 187 Å². The number of benzene rings is 2. The van der Waals surface area contributed by atoms with E-state index in [2.05, 4.69) is 9.98 Å². The van der Waals surface area contributed by atoms with Gasteiger partial charge >= 0.3 is 6.18 Å². The number of halogens is 4. The van der Waals surface area contributed by atoms with Crippen molar-refractivity contribution in [2.45, 2.75) is 44.4 Å². The Morgan fingerprint density at radius 1 is 1.18 bits per heavy atom. The normalized spacial score (nSPS) is 15.0. The van der Waals surface area contributed by atoms with Crippen LogP contribution in [0.25, 0.3) is 10.9 Å². The van der Waals surface area contributed by atoms with Gasteiger partial charge in [0.15, 0.2) is 5.60 Å². The number of methoxy groups -OCH3 is 1. The summed E-state index contributed by atoms with van der Waals surface area (Å²) in [6.07, 6.45) is -5.04. The number of pyridine rings is 1. The van der Waals surface area contributed by atoms with Crippen LogP contribution in [-0.2, 0) is 0 Å². The number of aromatic nitrogens is 1. The third-order valence-electron chi connectivity index (χ3n) is 5.72. The predicted octanol–water partition coefficient (Wildman–Crippen LogP) is 5.56. The van der Waals surface area contributed by atoms with Gasteiger partial charge < -0.3 is 14.8 Å². The molecular formula is C24H24F4N2O3. The van der Waals surface area contributed by atoms with Crippen molar-refractivity contribution < 1.29 is 27.4 Å². The van der Waals surface area contributed by atoms with Gasteiger partial charge in [0.25, 0.3) is 0 Å². The van der Waals surface area contributed by atoms with Gasteiger partial charge in [-0.1, -0.05) is 19.1 Å². The fourth-order valence-corrected chi connectivity index (χ4v) is 3.83. The van der Waals surface area contributed by atoms with E-state index in [1.54, 1.807) is 19.1 Å². The van der Waals surface area contributed by atoms with Gasteiger partial charge in [-0.2, -0.15) is 13.2 Å². The Balaban J connectivity index is 2.04. The van der Waals surface area contributed by atoms with Crippen LogP contribution in [0.1, 0.15) is 36.8 Å². The highest BCUT2D eigenvalue weighted by Gasteiger charge is 2.53. The predicted molar refractivity (Wildman–Crippen MR) is 119 cm³/mol. The number of aliphatic imine (C=N–C) groups is 1. The van der Waals surface area contributed by atoms with Gasteiger partial charge in [0.2, 0.25) is 5.56 Å². The van der Waals surface area contributed by atoms with Crippen LogP contribution in [-0.4, -0.2) is 35.2 Å². The smallest absolute Gasteiger partial charge is 0.422 e. The molecule has 0 radical (unpaired) electrons. The standard InChI is InChI=1S/C24H24F4N2O3/c1-4-15(16-8-10-18(25)14(2)22(16)33-3)12-23(32,24(26,27)28)13-29-19-6-5-7-20-17(19)9-11-21(31)30-20/h5-11,13,15,32H,4,12H2,1-3H3,(H,30,31)/t15-,23+/m1/s1. The number of hydrogen-bond acceptors (Lipinski definition) is 4. The highest BCUT2D eigenvalue weighted by molar-refractivity contribution is 5.91. The molecule has 9 heteroatoms. The summed E-state index contributed by atoms with van der Waals surface area (Å²) in [7, 11) is 1.32. The first-order valence-electron chi connectivity index (χ1n) is 10.3. The number of nitrogens with zero attached hydrogens (tertiary/aromatic N) is 1. The zero-order valence-electron chi connectivity index (χ0n) is 18.3. The highest BCUT2D eigenvalue weighted by Crippen LogP contribution is 2.42. The minimum atomic E-state index is -5.02. The average Bonchev–Trinajstić information content (AvgIpc) is 2.76. The molecule has 3 rings (SSSR count). The number of alkyl halides is 3. The third-order valence-corrected chi connectivity index (χ3v) is 5.72. The molecule has 2 atom stereocenters. The first-order valence-corrected chi connectivity index (χ1v) is 10.3. The quantitative estimate of drug-likeness (QED) is 0.355. The molecular weight excluding hydrogens is 440 g/mol. The SMILES string of the molecule is CC[C@H](C[C@](O)(C=Nc1cccc2[nH]c(=O)ccc12)C(F)(F)F)c1ccc(F)c(C)c1OC. The van der Waals surface area contributed by atoms with E-state index in [-0.39, 0.29) is 29.0 Å². The van der Waals surface area contributed by atoms with Gasteiger partial charge in [-0.05, 0) is 55.5 Å². The first kappa shape index (κ1) is 24.4. The lowest BCUT2D eigenvalue weighted by Crippen LogP contribution is -2.47. The van der Waals surface area contributed by atoms with Crippen LogP contribution in [0.5, 0.6) is 5.75 Å². The Morgan fingerprint density at radius 3 is 2.55 bits per heavy atom. The molecule has 5 nitrogen and oxygen atoms in total. The van der Waals surface area contributed by atoms with Crippen molar-refractivity contribution in [2.75, 3.05) is 7.11 Å². The summed E-state index contributed by atoms with van der Waals surface area (Å²) in [6.45, 7) is 3.16. The second-order valence-electron chi connectivity index (χ2n) is 7.85. The summed E-state index contributed by atoms with van der Waals surface area (Å²) in [5, 5.41) is 11.2. The monoisotopic (exact) mass is 464 g/mol. The molecule has 0 aliphatic rings. The first-order chi connectivity index (χ1) is 15.5. The maximum absolute atomic E-state index is 14.0. The molecule has 2 N–H and O–H groups in total. The van der Waals surface area contributed by atoms with Gasteiger partial charge in [0.05, 0.1) is 18.3 Å². The van der Waals surface area contributed by atoms with Crippen molar-refractivity contribution in [2.24, 2.45) is 4.99 Å². The summed E-state index contributed by atoms with van der Waals surface area (Å²) < 4.78 is 61.3. The van der Waals surface area contributed by atoms with Gasteiger partial charge in [-0.15, -0.1) is 0 Å². The largest absolute Gasteiger partial charge is 0.496 e. The van der Waals surface area contributed by atoms with Crippen molar-refractivity contribution >= 4 is 22.8 Å². The number of ether oxygens (including phenoxy) is 1. The Bertz CT molecular complexity index is 1240. The second-order valence-corrected chi connectivity index (χ2v) is 7.85. The molecule has 0 amide bonds. The van der Waals surface area contributed by atoms with E-state index in [1.807, 2.05) is 0 Å². The second kappa shape index (κ2) is 9.35. The van der Waals surface area contributed by atoms with E-state index in [1.165, 1.54) is 44.4 Å². The molecule has 0 aliphatic carbocycles. The van der Waals surface area contributed by atoms with E-state index >= 15 is 0 Å².